The molecule has 126 valence electrons. The van der Waals surface area contributed by atoms with E-state index in [-0.39, 0.29) is 0 Å². The summed E-state index contributed by atoms with van der Waals surface area (Å²) in [5.74, 6) is 0. The van der Waals surface area contributed by atoms with Crippen LogP contribution < -0.4 is 0 Å². The van der Waals surface area contributed by atoms with Gasteiger partial charge in [-0.25, -0.2) is 4.90 Å². The molecule has 0 fully saturated rings. The van der Waals surface area contributed by atoms with Gasteiger partial charge in [-0.1, -0.05) is 26.3 Å². The van der Waals surface area contributed by atoms with Gasteiger partial charge in [0.2, 0.25) is 0 Å². The first kappa shape index (κ1) is 20.9. The number of hydrogen-bond donors (Lipinski definition) is 4. The van der Waals surface area contributed by atoms with E-state index in [1.54, 1.807) is 0 Å². The molecular formula is C13H22NO7P. The summed E-state index contributed by atoms with van der Waals surface area (Å²) in [5, 5.41) is 38.3. The van der Waals surface area contributed by atoms with E-state index in [9.17, 15) is 25.0 Å². The number of hydrogen-bond acceptors (Lipinski definition) is 8. The summed E-state index contributed by atoms with van der Waals surface area (Å²) in [6.07, 6.45) is -2.79. The highest BCUT2D eigenvalue weighted by atomic mass is 31.2. The predicted octanol–water partition coefficient (Wildman–Crippen LogP) is 0.490. The molecule has 0 heterocycles. The van der Waals surface area contributed by atoms with Crippen LogP contribution in [0.5, 0.6) is 0 Å². The summed E-state index contributed by atoms with van der Waals surface area (Å²) < 4.78 is 22.2. The van der Waals surface area contributed by atoms with Gasteiger partial charge in [-0.3, -0.25) is 13.6 Å². The summed E-state index contributed by atoms with van der Waals surface area (Å²) in [6, 6.07) is 0. The van der Waals surface area contributed by atoms with Crippen molar-refractivity contribution in [2.75, 3.05) is 6.29 Å². The van der Waals surface area contributed by atoms with E-state index >= 15 is 0 Å². The van der Waals surface area contributed by atoms with Crippen molar-refractivity contribution in [3.8, 4) is 0 Å². The average Bonchev–Trinajstić information content (AvgIpc) is 2.50. The average molecular weight is 335 g/mol. The molecule has 0 radical (unpaired) electrons. The number of aliphatic hydroxyl groups is 4. The first-order valence-electron chi connectivity index (χ1n) is 6.17. The van der Waals surface area contributed by atoms with E-state index < -0.39 is 38.9 Å². The molecular weight excluding hydrogens is 313 g/mol. The van der Waals surface area contributed by atoms with Crippen LogP contribution in [0.3, 0.4) is 0 Å². The predicted molar refractivity (Wildman–Crippen MR) is 81.3 cm³/mol. The van der Waals surface area contributed by atoms with Gasteiger partial charge < -0.3 is 20.4 Å². The van der Waals surface area contributed by atoms with Crippen molar-refractivity contribution in [1.29, 1.82) is 0 Å². The Kier molecular flexibility index (Phi) is 9.34. The Morgan fingerprint density at radius 2 is 1.23 bits per heavy atom. The Balaban J connectivity index is 5.40. The van der Waals surface area contributed by atoms with Crippen LogP contribution in [0.2, 0.25) is 0 Å². The van der Waals surface area contributed by atoms with Crippen molar-refractivity contribution in [2.45, 2.75) is 25.0 Å². The van der Waals surface area contributed by atoms with Crippen LogP contribution in [-0.2, 0) is 13.6 Å². The van der Waals surface area contributed by atoms with Crippen molar-refractivity contribution >= 4 is 7.60 Å². The molecule has 0 aromatic heterocycles. The molecule has 0 aromatic rings. The van der Waals surface area contributed by atoms with E-state index in [2.05, 4.69) is 26.3 Å². The second kappa shape index (κ2) is 9.83. The SMILES string of the molecule is C=CC(O)OP(=O)(CN(C(O)C=C)C(O)C=C)OC(O)C=C. The second-order valence-corrected chi connectivity index (χ2v) is 5.95. The van der Waals surface area contributed by atoms with E-state index in [0.717, 1.165) is 29.2 Å². The molecule has 0 aliphatic carbocycles. The normalized spacial score (nSPS) is 19.5. The molecule has 0 aliphatic heterocycles. The number of nitrogens with zero attached hydrogens (tertiary/aromatic N) is 1. The molecule has 0 rings (SSSR count). The molecule has 0 saturated heterocycles. The molecule has 8 nitrogen and oxygen atoms in total. The maximum absolute atomic E-state index is 12.6. The molecule has 4 unspecified atom stereocenters. The van der Waals surface area contributed by atoms with Gasteiger partial charge in [-0.05, 0) is 24.3 Å². The van der Waals surface area contributed by atoms with Crippen molar-refractivity contribution in [2.24, 2.45) is 0 Å². The van der Waals surface area contributed by atoms with E-state index in [1.807, 2.05) is 0 Å². The lowest BCUT2D eigenvalue weighted by Gasteiger charge is -2.32. The fraction of sp³-hybridized carbons (Fsp3) is 0.385. The molecule has 0 bridgehead atoms. The van der Waals surface area contributed by atoms with E-state index in [1.165, 1.54) is 0 Å². The van der Waals surface area contributed by atoms with Gasteiger partial charge in [0.1, 0.15) is 18.7 Å². The maximum Gasteiger partial charge on any atom is 0.349 e. The molecule has 0 aromatic carbocycles. The standard InChI is InChI=1S/C13H22NO7P/c1-5-10(15)14(11(16)6-2)9-22(19,20-12(17)7-3)21-13(18)8-4/h5-8,10-13,15-18H,1-4,9H2. The van der Waals surface area contributed by atoms with Gasteiger partial charge in [0.15, 0.2) is 12.6 Å². The van der Waals surface area contributed by atoms with Crippen molar-refractivity contribution in [3.05, 3.63) is 50.6 Å². The van der Waals surface area contributed by atoms with Gasteiger partial charge in [0.05, 0.1) is 0 Å². The summed E-state index contributed by atoms with van der Waals surface area (Å²) in [6.45, 7) is 13.2. The first-order valence-corrected chi connectivity index (χ1v) is 7.90. The van der Waals surface area contributed by atoms with E-state index in [0.29, 0.717) is 0 Å². The fourth-order valence-corrected chi connectivity index (χ4v) is 3.05. The second-order valence-electron chi connectivity index (χ2n) is 4.03. The van der Waals surface area contributed by atoms with Crippen molar-refractivity contribution in [3.63, 3.8) is 0 Å². The lowest BCUT2D eigenvalue weighted by molar-refractivity contribution is -0.0641. The fourth-order valence-electron chi connectivity index (χ4n) is 1.30. The molecule has 0 amide bonds. The zero-order valence-corrected chi connectivity index (χ0v) is 13.0. The number of rotatable bonds is 12. The highest BCUT2D eigenvalue weighted by Gasteiger charge is 2.36. The minimum atomic E-state index is -4.19. The minimum absolute atomic E-state index is 0.677. The van der Waals surface area contributed by atoms with Gasteiger partial charge >= 0.3 is 7.60 Å². The molecule has 4 atom stereocenters. The monoisotopic (exact) mass is 335 g/mol. The Morgan fingerprint density at radius 1 is 0.864 bits per heavy atom. The maximum atomic E-state index is 12.6. The third kappa shape index (κ3) is 6.78. The topological polar surface area (TPSA) is 120 Å². The van der Waals surface area contributed by atoms with Crippen LogP contribution in [-0.4, -0.2) is 56.6 Å². The van der Waals surface area contributed by atoms with Crippen molar-refractivity contribution < 1.29 is 34.0 Å². The zero-order chi connectivity index (χ0) is 17.3. The van der Waals surface area contributed by atoms with Crippen LogP contribution in [0.15, 0.2) is 50.6 Å². The Labute approximate surface area is 129 Å². The van der Waals surface area contributed by atoms with Gasteiger partial charge in [0.25, 0.3) is 0 Å². The summed E-state index contributed by atoms with van der Waals surface area (Å²) in [4.78, 5) is 0.867. The van der Waals surface area contributed by atoms with Crippen LogP contribution in [0.25, 0.3) is 0 Å². The first-order chi connectivity index (χ1) is 10.2. The van der Waals surface area contributed by atoms with Gasteiger partial charge in [-0.15, -0.1) is 0 Å². The Bertz CT molecular complexity index is 408. The van der Waals surface area contributed by atoms with Gasteiger partial charge in [-0.2, -0.15) is 0 Å². The largest absolute Gasteiger partial charge is 0.375 e. The Morgan fingerprint density at radius 3 is 1.50 bits per heavy atom. The van der Waals surface area contributed by atoms with Crippen LogP contribution in [0.4, 0.5) is 0 Å². The molecule has 9 heteroatoms. The minimum Gasteiger partial charge on any atom is -0.375 e. The highest BCUT2D eigenvalue weighted by molar-refractivity contribution is 7.53. The van der Waals surface area contributed by atoms with Crippen molar-refractivity contribution in [1.82, 2.24) is 4.90 Å². The lowest BCUT2D eigenvalue weighted by atomic mass is 10.4. The molecule has 0 saturated carbocycles. The van der Waals surface area contributed by atoms with E-state index in [4.69, 9.17) is 9.05 Å². The third-order valence-electron chi connectivity index (χ3n) is 2.38. The summed E-state index contributed by atoms with van der Waals surface area (Å²) in [5.41, 5.74) is 0. The quantitative estimate of drug-likeness (QED) is 0.231. The molecule has 0 aliphatic rings. The highest BCUT2D eigenvalue weighted by Crippen LogP contribution is 2.51. The molecule has 22 heavy (non-hydrogen) atoms. The smallest absolute Gasteiger partial charge is 0.349 e. The molecule has 0 spiro atoms. The zero-order valence-electron chi connectivity index (χ0n) is 12.1. The third-order valence-corrected chi connectivity index (χ3v) is 4.13. The van der Waals surface area contributed by atoms with Crippen LogP contribution in [0, 0.1) is 0 Å². The summed E-state index contributed by atoms with van der Waals surface area (Å²) >= 11 is 0. The molecule has 4 N–H and O–H groups in total. The number of aliphatic hydroxyl groups excluding tert-OH is 4. The van der Waals surface area contributed by atoms with Crippen LogP contribution >= 0.6 is 7.60 Å². The van der Waals surface area contributed by atoms with Crippen LogP contribution in [0.1, 0.15) is 0 Å². The Hall–Kier alpha value is -1.09. The lowest BCUT2D eigenvalue weighted by Crippen LogP contribution is -2.42. The van der Waals surface area contributed by atoms with Gasteiger partial charge in [0, 0.05) is 0 Å². The summed E-state index contributed by atoms with van der Waals surface area (Å²) in [7, 11) is -4.19.